The first kappa shape index (κ1) is 66.1. The fraction of sp³-hybridized carbons (Fsp3) is 0.0100. The van der Waals surface area contributed by atoms with E-state index in [1.54, 1.807) is 0 Å². The van der Waals surface area contributed by atoms with Crippen LogP contribution in [-0.2, 0) is 0 Å². The van der Waals surface area contributed by atoms with Crippen LogP contribution < -0.4 is 0 Å². The molecule has 0 aliphatic heterocycles. The molecule has 0 saturated heterocycles. The number of hydrogen-bond acceptors (Lipinski definition) is 8. The number of fused-ring (bicyclic) bond motifs is 6. The van der Waals surface area contributed by atoms with Crippen LogP contribution in [0.3, 0.4) is 0 Å². The van der Waals surface area contributed by atoms with Gasteiger partial charge in [0.2, 0.25) is 0 Å². The summed E-state index contributed by atoms with van der Waals surface area (Å²) in [7, 11) is 0. The van der Waals surface area contributed by atoms with Crippen LogP contribution in [0.25, 0.3) is 195 Å². The Bertz CT molecular complexity index is 6750. The average Bonchev–Trinajstić information content (AvgIpc) is 1.59. The Hall–Kier alpha value is -15.6. The van der Waals surface area contributed by atoms with Gasteiger partial charge in [-0.25, -0.2) is 34.7 Å². The third-order valence-corrected chi connectivity index (χ3v) is 20.8. The molecule has 4 heterocycles. The summed E-state index contributed by atoms with van der Waals surface area (Å²) in [5.74, 6) is 3.14. The van der Waals surface area contributed by atoms with Gasteiger partial charge < -0.3 is 9.13 Å². The lowest BCUT2D eigenvalue weighted by molar-refractivity contribution is 1.06. The normalized spacial score (nSPS) is 11.3. The van der Waals surface area contributed by atoms with Crippen LogP contribution in [0.5, 0.6) is 0 Å². The highest BCUT2D eigenvalue weighted by molar-refractivity contribution is 6.14. The molecular formula is C100H61N11. The summed E-state index contributed by atoms with van der Waals surface area (Å²) < 4.78 is 4.68. The van der Waals surface area contributed by atoms with Crippen LogP contribution in [0, 0.1) is 36.2 Å². The molecule has 0 amide bonds. The van der Waals surface area contributed by atoms with Gasteiger partial charge >= 0.3 is 0 Å². The summed E-state index contributed by atoms with van der Waals surface area (Å²) in [5, 5.41) is 23.8. The minimum atomic E-state index is 0.486. The van der Waals surface area contributed by atoms with Crippen LogP contribution in [0.4, 0.5) is 5.69 Å². The van der Waals surface area contributed by atoms with Crippen molar-refractivity contribution in [1.29, 1.82) is 10.5 Å². The van der Waals surface area contributed by atoms with Crippen LogP contribution >= 0.6 is 0 Å². The van der Waals surface area contributed by atoms with Crippen molar-refractivity contribution < 1.29 is 0 Å². The predicted molar refractivity (Wildman–Crippen MR) is 448 cm³/mol. The van der Waals surface area contributed by atoms with Gasteiger partial charge in [0.25, 0.3) is 0 Å². The molecular weight excluding hydrogens is 1360 g/mol. The predicted octanol–water partition coefficient (Wildman–Crippen LogP) is 24.9. The van der Waals surface area contributed by atoms with E-state index in [1.165, 1.54) is 5.56 Å². The number of nitriles is 2. The molecule has 0 spiro atoms. The summed E-state index contributed by atoms with van der Waals surface area (Å²) in [6.07, 6.45) is 0. The molecule has 19 rings (SSSR count). The highest BCUT2D eigenvalue weighted by Gasteiger charge is 2.25. The SMILES string of the molecule is [C-]#[N+]c1ccc(-c2ccc3c(c2)c2cc(-c4ccc(C)cc4)ccc2n3-c2ccc(-c3cccc(-c4ccc(-n5c6ccc(-c7ccc(C#N)cc7)cc6c6cc(-c7ccc(C#N)cc7)ccc65)c(-c5nc(-c6ccccc6)nc(-c6ccccc6)n5)c4)c3)cc2-c2nc(-c3ccccc3)nc(-c3ccccc3)n2)cc1. The van der Waals surface area contributed by atoms with Gasteiger partial charge in [-0.05, 0) is 177 Å². The topological polar surface area (TPSA) is 139 Å². The summed E-state index contributed by atoms with van der Waals surface area (Å²) >= 11 is 0. The number of aryl methyl sites for hydroxylation is 1. The zero-order valence-corrected chi connectivity index (χ0v) is 59.9. The van der Waals surface area contributed by atoms with Crippen LogP contribution in [0.15, 0.2) is 352 Å². The van der Waals surface area contributed by atoms with Crippen molar-refractivity contribution in [3.8, 4) is 159 Å². The standard InChI is InChI=1S/C100H61N11/c1-63-26-32-66(33-27-63)76-40-48-89-83(55-76)86-58-79(69-38-46-82(103-2)47-39-69)43-51-92(86)110(89)93-52-44-80(59-87(93)99-106-95(70-16-7-3-8-17-70)104-96(107-99)71-18-9-4-10-19-71)74-24-15-25-75(54-74)81-45-53-94(88(60-81)100-108-97(72-20-11-5-12-21-72)105-98(109-100)73-22-13-6-14-23-73)111-90-49-41-77(67-34-28-64(61-101)29-35-67)56-84(90)85-57-78(42-50-91(85)111)68-36-30-65(62-102)31-37-68/h3-60H,1H3. The van der Waals surface area contributed by atoms with E-state index < -0.39 is 0 Å². The maximum Gasteiger partial charge on any atom is 0.187 e. The van der Waals surface area contributed by atoms with E-state index in [1.807, 2.05) is 194 Å². The second kappa shape index (κ2) is 28.0. The quantitative estimate of drug-likeness (QED) is 0.0981. The van der Waals surface area contributed by atoms with E-state index in [4.69, 9.17) is 36.5 Å². The van der Waals surface area contributed by atoms with Crippen molar-refractivity contribution in [2.75, 3.05) is 0 Å². The van der Waals surface area contributed by atoms with Gasteiger partial charge in [-0.2, -0.15) is 10.5 Å². The fourth-order valence-electron chi connectivity index (χ4n) is 15.1. The first-order chi connectivity index (χ1) is 54.7. The molecule has 0 N–H and O–H groups in total. The van der Waals surface area contributed by atoms with Crippen molar-refractivity contribution in [1.82, 2.24) is 39.0 Å². The first-order valence-corrected chi connectivity index (χ1v) is 36.6. The molecule has 0 saturated carbocycles. The molecule has 0 bridgehead atoms. The molecule has 11 heteroatoms. The molecule has 0 aliphatic rings. The Morgan fingerprint density at radius 3 is 0.829 bits per heavy atom. The lowest BCUT2D eigenvalue weighted by Crippen LogP contribution is -2.04. The van der Waals surface area contributed by atoms with Crippen LogP contribution in [0.2, 0.25) is 0 Å². The smallest absolute Gasteiger partial charge is 0.187 e. The first-order valence-electron chi connectivity index (χ1n) is 36.6. The Morgan fingerprint density at radius 2 is 0.514 bits per heavy atom. The maximum atomic E-state index is 9.79. The molecule has 11 nitrogen and oxygen atoms in total. The molecule has 0 fully saturated rings. The number of nitrogens with zero attached hydrogens (tertiary/aromatic N) is 11. The Kier molecular flexibility index (Phi) is 16.7. The maximum absolute atomic E-state index is 9.79. The lowest BCUT2D eigenvalue weighted by Gasteiger charge is -2.18. The highest BCUT2D eigenvalue weighted by atomic mass is 15.1. The van der Waals surface area contributed by atoms with Gasteiger partial charge in [-0.15, -0.1) is 0 Å². The number of benzene rings is 15. The molecule has 0 aliphatic carbocycles. The second-order valence-electron chi connectivity index (χ2n) is 27.6. The molecule has 0 atom stereocenters. The van der Waals surface area contributed by atoms with E-state index in [0.29, 0.717) is 51.8 Å². The molecule has 19 aromatic rings. The Morgan fingerprint density at radius 1 is 0.252 bits per heavy atom. The fourth-order valence-corrected chi connectivity index (χ4v) is 15.1. The second-order valence-corrected chi connectivity index (χ2v) is 27.6. The molecule has 15 aromatic carbocycles. The van der Waals surface area contributed by atoms with Crippen molar-refractivity contribution in [2.45, 2.75) is 6.92 Å². The van der Waals surface area contributed by atoms with E-state index in [0.717, 1.165) is 155 Å². The van der Waals surface area contributed by atoms with Crippen molar-refractivity contribution in [3.05, 3.63) is 380 Å². The summed E-state index contributed by atoms with van der Waals surface area (Å²) in [6.45, 7) is 9.82. The van der Waals surface area contributed by atoms with Crippen molar-refractivity contribution in [2.24, 2.45) is 0 Å². The summed E-state index contributed by atoms with van der Waals surface area (Å²) in [5.41, 5.74) is 25.6. The van der Waals surface area contributed by atoms with E-state index in [2.05, 4.69) is 191 Å². The zero-order chi connectivity index (χ0) is 74.5. The van der Waals surface area contributed by atoms with Gasteiger partial charge in [0.05, 0.1) is 63.3 Å². The summed E-state index contributed by atoms with van der Waals surface area (Å²) in [6, 6.07) is 125. The van der Waals surface area contributed by atoms with E-state index in [-0.39, 0.29) is 0 Å². The van der Waals surface area contributed by atoms with Gasteiger partial charge in [0.15, 0.2) is 40.6 Å². The Labute approximate surface area is 640 Å². The van der Waals surface area contributed by atoms with E-state index >= 15 is 0 Å². The minimum absolute atomic E-state index is 0.486. The van der Waals surface area contributed by atoms with Crippen LogP contribution in [-0.4, -0.2) is 39.0 Å². The van der Waals surface area contributed by atoms with Gasteiger partial charge in [0.1, 0.15) is 0 Å². The third-order valence-electron chi connectivity index (χ3n) is 20.8. The average molecular weight is 1420 g/mol. The third kappa shape index (κ3) is 12.5. The largest absolute Gasteiger partial charge is 0.308 e. The van der Waals surface area contributed by atoms with Gasteiger partial charge in [-0.3, -0.25) is 0 Å². The van der Waals surface area contributed by atoms with Crippen LogP contribution in [0.1, 0.15) is 16.7 Å². The van der Waals surface area contributed by atoms with E-state index in [9.17, 15) is 10.5 Å². The van der Waals surface area contributed by atoms with Gasteiger partial charge in [0, 0.05) is 54.9 Å². The molecule has 4 aromatic heterocycles. The van der Waals surface area contributed by atoms with Crippen molar-refractivity contribution in [3.63, 3.8) is 0 Å². The molecule has 0 unspecified atom stereocenters. The number of aromatic nitrogens is 8. The lowest BCUT2D eigenvalue weighted by atomic mass is 9.95. The number of rotatable bonds is 14. The molecule has 516 valence electrons. The molecule has 0 radical (unpaired) electrons. The highest BCUT2D eigenvalue weighted by Crippen LogP contribution is 2.45. The van der Waals surface area contributed by atoms with Gasteiger partial charge in [-0.1, -0.05) is 254 Å². The monoisotopic (exact) mass is 1420 g/mol. The summed E-state index contributed by atoms with van der Waals surface area (Å²) in [4.78, 5) is 35.9. The Balaban J connectivity index is 0.824. The zero-order valence-electron chi connectivity index (χ0n) is 59.9. The molecule has 111 heavy (non-hydrogen) atoms. The minimum Gasteiger partial charge on any atom is -0.308 e. The van der Waals surface area contributed by atoms with Crippen molar-refractivity contribution >= 4 is 49.3 Å². The number of hydrogen-bond donors (Lipinski definition) is 0.